The van der Waals surface area contributed by atoms with Crippen LogP contribution >= 0.6 is 11.3 Å². The van der Waals surface area contributed by atoms with Gasteiger partial charge in [0, 0.05) is 46.9 Å². The molecule has 0 unspecified atom stereocenters. The van der Waals surface area contributed by atoms with E-state index < -0.39 is 0 Å². The van der Waals surface area contributed by atoms with Crippen LogP contribution in [-0.2, 0) is 0 Å². The van der Waals surface area contributed by atoms with E-state index in [2.05, 4.69) is 216 Å². The van der Waals surface area contributed by atoms with E-state index >= 15 is 0 Å². The van der Waals surface area contributed by atoms with Gasteiger partial charge in [0.05, 0.1) is 16.7 Å². The van der Waals surface area contributed by atoms with Gasteiger partial charge in [0.15, 0.2) is 0 Å². The largest absolute Gasteiger partial charge is 0.298 e. The van der Waals surface area contributed by atoms with E-state index in [1.165, 1.54) is 75.1 Å². The van der Waals surface area contributed by atoms with Gasteiger partial charge in [-0.3, -0.25) is 15.4 Å². The first-order valence-corrected chi connectivity index (χ1v) is 20.6. The fourth-order valence-corrected chi connectivity index (χ4v) is 10.4. The van der Waals surface area contributed by atoms with Gasteiger partial charge in [0.2, 0.25) is 0 Å². The van der Waals surface area contributed by atoms with Crippen molar-refractivity contribution in [1.29, 1.82) is 0 Å². The van der Waals surface area contributed by atoms with E-state index in [9.17, 15) is 0 Å². The van der Waals surface area contributed by atoms with Crippen molar-refractivity contribution < 1.29 is 0 Å². The van der Waals surface area contributed by atoms with E-state index in [0.717, 1.165) is 38.6 Å². The van der Waals surface area contributed by atoms with Crippen molar-refractivity contribution >= 4 is 75.6 Å². The van der Waals surface area contributed by atoms with Crippen LogP contribution in [0.1, 0.15) is 5.56 Å². The summed E-state index contributed by atoms with van der Waals surface area (Å²) in [4.78, 5) is 0. The molecule has 3 heterocycles. The summed E-state index contributed by atoms with van der Waals surface area (Å²) >= 11 is 1.87. The van der Waals surface area contributed by atoms with Crippen molar-refractivity contribution in [3.05, 3.63) is 216 Å². The van der Waals surface area contributed by atoms with Crippen LogP contribution in [0.3, 0.4) is 0 Å². The molecule has 2 aromatic heterocycles. The topological polar surface area (TPSA) is 29.0 Å². The lowest BCUT2D eigenvalue weighted by Gasteiger charge is -2.24. The second-order valence-corrected chi connectivity index (χ2v) is 16.1. The summed E-state index contributed by atoms with van der Waals surface area (Å²) in [6, 6.07) is 72.9. The number of para-hydroxylation sites is 1. The zero-order valence-electron chi connectivity index (χ0n) is 31.4. The molecule has 3 nitrogen and oxygen atoms in total. The average molecular weight is 758 g/mol. The Morgan fingerprint density at radius 1 is 0.379 bits per heavy atom. The lowest BCUT2D eigenvalue weighted by molar-refractivity contribution is 0.758. The normalized spacial score (nSPS) is 12.7. The van der Waals surface area contributed by atoms with Gasteiger partial charge in [-0.2, -0.15) is 0 Å². The Bertz CT molecular complexity index is 3580. The molecule has 0 aliphatic carbocycles. The van der Waals surface area contributed by atoms with Gasteiger partial charge in [0.1, 0.15) is 5.82 Å². The Labute approximate surface area is 339 Å². The number of fused-ring (bicyclic) bond motifs is 8. The highest BCUT2D eigenvalue weighted by Crippen LogP contribution is 2.44. The minimum Gasteiger partial charge on any atom is -0.298 e. The molecular weight excluding hydrogens is 723 g/mol. The Balaban J connectivity index is 1.12. The summed E-state index contributed by atoms with van der Waals surface area (Å²) in [7, 11) is 0. The molecule has 12 rings (SSSR count). The Morgan fingerprint density at radius 2 is 1.03 bits per heavy atom. The number of hydrogen-bond donors (Lipinski definition) is 2. The number of nitrogens with one attached hydrogen (secondary N) is 2. The summed E-state index contributed by atoms with van der Waals surface area (Å²) in [5.41, 5.74) is 19.2. The molecule has 0 spiro atoms. The zero-order chi connectivity index (χ0) is 38.2. The van der Waals surface area contributed by atoms with E-state index in [1.807, 2.05) is 11.3 Å². The van der Waals surface area contributed by atoms with Crippen molar-refractivity contribution in [1.82, 2.24) is 15.4 Å². The van der Waals surface area contributed by atoms with Crippen LogP contribution < -0.4 is 21.3 Å². The maximum Gasteiger partial charge on any atom is 0.137 e. The second-order valence-electron chi connectivity index (χ2n) is 15.0. The monoisotopic (exact) mass is 757 g/mol. The van der Waals surface area contributed by atoms with Gasteiger partial charge in [0.25, 0.3) is 0 Å². The van der Waals surface area contributed by atoms with E-state index in [0.29, 0.717) is 0 Å². The Kier molecular flexibility index (Phi) is 7.40. The molecule has 272 valence electrons. The van der Waals surface area contributed by atoms with Crippen LogP contribution in [-0.4, -0.2) is 4.57 Å². The van der Waals surface area contributed by atoms with Crippen LogP contribution in [0.4, 0.5) is 0 Å². The first kappa shape index (κ1) is 32.8. The molecule has 0 amide bonds. The van der Waals surface area contributed by atoms with Crippen LogP contribution in [0.25, 0.3) is 97.6 Å². The number of rotatable bonds is 5. The molecule has 0 fully saturated rings. The molecule has 9 aromatic carbocycles. The van der Waals surface area contributed by atoms with Gasteiger partial charge >= 0.3 is 0 Å². The lowest BCUT2D eigenvalue weighted by Crippen LogP contribution is -2.49. The summed E-state index contributed by atoms with van der Waals surface area (Å²) in [6.07, 6.45) is 0. The molecule has 11 aromatic rings. The van der Waals surface area contributed by atoms with Crippen molar-refractivity contribution in [2.24, 2.45) is 0 Å². The van der Waals surface area contributed by atoms with Crippen molar-refractivity contribution in [3.8, 4) is 33.4 Å². The first-order valence-electron chi connectivity index (χ1n) is 19.8. The van der Waals surface area contributed by atoms with Crippen LogP contribution in [0, 0.1) is 0 Å². The van der Waals surface area contributed by atoms with Crippen LogP contribution in [0.2, 0.25) is 0 Å². The second kappa shape index (κ2) is 13.1. The molecule has 2 N–H and O–H groups in total. The fourth-order valence-electron chi connectivity index (χ4n) is 9.22. The Hall–Kier alpha value is -7.40. The average Bonchev–Trinajstić information content (AvgIpc) is 3.83. The maximum atomic E-state index is 3.74. The van der Waals surface area contributed by atoms with E-state index in [1.54, 1.807) is 0 Å². The highest BCUT2D eigenvalue weighted by molar-refractivity contribution is 7.25. The minimum absolute atomic E-state index is 0.995. The van der Waals surface area contributed by atoms with Gasteiger partial charge in [-0.15, -0.1) is 11.3 Å². The van der Waals surface area contributed by atoms with Gasteiger partial charge < -0.3 is 0 Å². The predicted octanol–water partition coefficient (Wildman–Crippen LogP) is 12.2. The fraction of sp³-hybridized carbons (Fsp3) is 0. The number of aromatic nitrogens is 1. The molecule has 0 atom stereocenters. The molecule has 0 saturated carbocycles. The number of nitrogens with zero attached hydrogens (tertiary/aromatic N) is 1. The summed E-state index contributed by atoms with van der Waals surface area (Å²) in [5.74, 6) is 0.995. The van der Waals surface area contributed by atoms with Crippen molar-refractivity contribution in [2.45, 2.75) is 0 Å². The standard InChI is InChI=1S/C54H35N3S/c1-2-15-34(16-3-1)39-20-6-7-23-43(39)53-44-24-8-9-25-45(44)54(56-55-53)57-47-27-12-10-26-46(47)52-48(57)32-37-17-4-5-21-40(37)51(52)38-19-14-18-35(31-38)36-29-30-42-41-22-11-13-28-49(41)58-50(42)33-36/h1-33,55-56H. The minimum atomic E-state index is 0.995. The van der Waals surface area contributed by atoms with E-state index in [4.69, 9.17) is 0 Å². The third-order valence-electron chi connectivity index (χ3n) is 11.8. The zero-order valence-corrected chi connectivity index (χ0v) is 32.2. The van der Waals surface area contributed by atoms with Crippen molar-refractivity contribution in [3.63, 3.8) is 0 Å². The molecule has 0 saturated heterocycles. The quantitative estimate of drug-likeness (QED) is 0.183. The summed E-state index contributed by atoms with van der Waals surface area (Å²) in [6.45, 7) is 0. The molecular formula is C54H35N3S. The highest BCUT2D eigenvalue weighted by atomic mass is 32.1. The number of hydrazine groups is 1. The van der Waals surface area contributed by atoms with E-state index in [-0.39, 0.29) is 0 Å². The summed E-state index contributed by atoms with van der Waals surface area (Å²) in [5, 5.41) is 9.82. The molecule has 0 bridgehead atoms. The Morgan fingerprint density at radius 3 is 1.93 bits per heavy atom. The van der Waals surface area contributed by atoms with Crippen molar-refractivity contribution in [2.75, 3.05) is 0 Å². The molecule has 4 heteroatoms. The predicted molar refractivity (Wildman–Crippen MR) is 246 cm³/mol. The van der Waals surface area contributed by atoms with Gasteiger partial charge in [-0.25, -0.2) is 0 Å². The lowest BCUT2D eigenvalue weighted by atomic mass is 9.91. The van der Waals surface area contributed by atoms with Crippen LogP contribution in [0.15, 0.2) is 200 Å². The van der Waals surface area contributed by atoms with Gasteiger partial charge in [-0.05, 0) is 74.5 Å². The third-order valence-corrected chi connectivity index (χ3v) is 12.9. The summed E-state index contributed by atoms with van der Waals surface area (Å²) < 4.78 is 5.06. The molecule has 58 heavy (non-hydrogen) atoms. The molecule has 1 aliphatic rings. The SMILES string of the molecule is c1ccc(-c2ccccc2C2=c3ccccc3=C(n3c4ccccc4c4c(-c5cccc(-c6ccc7c(c6)sc6ccccc67)c5)c5ccccc5cc43)NN2)cc1. The molecule has 1 aliphatic heterocycles. The number of hydrogen-bond acceptors (Lipinski definition) is 3. The molecule has 0 radical (unpaired) electrons. The third kappa shape index (κ3) is 5.05. The van der Waals surface area contributed by atoms with Crippen LogP contribution in [0.5, 0.6) is 0 Å². The number of thiophene rings is 1. The first-order chi connectivity index (χ1) is 28.8. The van der Waals surface area contributed by atoms with Gasteiger partial charge in [-0.1, -0.05) is 170 Å². The maximum absolute atomic E-state index is 3.74. The highest BCUT2D eigenvalue weighted by Gasteiger charge is 2.23. The smallest absolute Gasteiger partial charge is 0.137 e. The number of benzene rings is 9.